The summed E-state index contributed by atoms with van der Waals surface area (Å²) in [5.41, 5.74) is 3.06. The quantitative estimate of drug-likeness (QED) is 0.588. The topological polar surface area (TPSA) is 76.2 Å². The van der Waals surface area contributed by atoms with Gasteiger partial charge in [0, 0.05) is 24.4 Å². The average molecular weight is 458 g/mol. The highest BCUT2D eigenvalue weighted by Gasteiger charge is 2.40. The van der Waals surface area contributed by atoms with E-state index in [2.05, 4.69) is 15.6 Å². The molecule has 0 spiro atoms. The molecule has 1 amide bonds. The maximum Gasteiger partial charge on any atom is 0.254 e. The molecule has 0 bridgehead atoms. The van der Waals surface area contributed by atoms with Crippen molar-refractivity contribution in [1.82, 2.24) is 19.8 Å². The van der Waals surface area contributed by atoms with Crippen LogP contribution < -0.4 is 5.32 Å². The summed E-state index contributed by atoms with van der Waals surface area (Å²) in [6.45, 7) is 4.45. The molecule has 5 rings (SSSR count). The normalized spacial score (nSPS) is 20.7. The van der Waals surface area contributed by atoms with Gasteiger partial charge in [-0.25, -0.2) is 4.68 Å². The number of benzene rings is 1. The van der Waals surface area contributed by atoms with Gasteiger partial charge in [-0.1, -0.05) is 34.4 Å². The van der Waals surface area contributed by atoms with Crippen molar-refractivity contribution in [3.63, 3.8) is 0 Å². The van der Waals surface area contributed by atoms with E-state index in [4.69, 9.17) is 27.7 Å². The predicted molar refractivity (Wildman–Crippen MR) is 118 cm³/mol. The first-order valence-corrected chi connectivity index (χ1v) is 10.9. The first kappa shape index (κ1) is 20.2. The molecule has 2 aliphatic heterocycles. The summed E-state index contributed by atoms with van der Waals surface area (Å²) in [7, 11) is 0. The average Bonchev–Trinajstić information content (AvgIpc) is 3.48. The standard InChI is InChI=1S/C22H21Cl2N5O2/c1-12-10-18(31-27-12)17-4-3-9-28(17)22(30)20-13(2)26-19-7-8-25-29(19)21(20)14-5-6-15(23)16(24)11-14/h5-8,10-11,17,21,26H,3-4,9H2,1-2H3/t17-,21?/m0/s1. The molecule has 0 aliphatic carbocycles. The van der Waals surface area contributed by atoms with E-state index in [1.807, 2.05) is 41.6 Å². The van der Waals surface area contributed by atoms with Crippen LogP contribution in [0.3, 0.4) is 0 Å². The van der Waals surface area contributed by atoms with Crippen LogP contribution in [0.5, 0.6) is 0 Å². The molecule has 2 aliphatic rings. The minimum absolute atomic E-state index is 0.0567. The number of aromatic nitrogens is 3. The molecule has 7 nitrogen and oxygen atoms in total. The third-order valence-corrected chi connectivity index (χ3v) is 6.62. The number of carbonyl (C=O) groups is 1. The van der Waals surface area contributed by atoms with Crippen LogP contribution in [0.25, 0.3) is 0 Å². The Kier molecular flexibility index (Phi) is 5.02. The van der Waals surface area contributed by atoms with E-state index in [1.165, 1.54) is 0 Å². The number of halogens is 2. The predicted octanol–water partition coefficient (Wildman–Crippen LogP) is 5.14. The van der Waals surface area contributed by atoms with Crippen molar-refractivity contribution in [3.8, 4) is 0 Å². The summed E-state index contributed by atoms with van der Waals surface area (Å²) in [5.74, 6) is 1.48. The summed E-state index contributed by atoms with van der Waals surface area (Å²) >= 11 is 12.5. The molecular formula is C22H21Cl2N5O2. The number of hydrogen-bond acceptors (Lipinski definition) is 5. The Labute approximate surface area is 189 Å². The fourth-order valence-electron chi connectivity index (χ4n) is 4.47. The number of nitrogens with zero attached hydrogens (tertiary/aromatic N) is 4. The third kappa shape index (κ3) is 3.42. The monoisotopic (exact) mass is 457 g/mol. The van der Waals surface area contributed by atoms with Gasteiger partial charge in [0.15, 0.2) is 5.76 Å². The lowest BCUT2D eigenvalue weighted by Crippen LogP contribution is -2.38. The van der Waals surface area contributed by atoms with E-state index < -0.39 is 6.04 Å². The Hall–Kier alpha value is -2.77. The number of amides is 1. The van der Waals surface area contributed by atoms with Crippen molar-refractivity contribution < 1.29 is 9.32 Å². The minimum atomic E-state index is -0.425. The second kappa shape index (κ2) is 7.73. The molecule has 3 aromatic rings. The molecule has 1 fully saturated rings. The lowest BCUT2D eigenvalue weighted by Gasteiger charge is -2.33. The van der Waals surface area contributed by atoms with Crippen LogP contribution in [-0.4, -0.2) is 32.3 Å². The molecule has 0 radical (unpaired) electrons. The highest BCUT2D eigenvalue weighted by Crippen LogP contribution is 2.41. The van der Waals surface area contributed by atoms with Gasteiger partial charge in [-0.3, -0.25) is 4.79 Å². The summed E-state index contributed by atoms with van der Waals surface area (Å²) < 4.78 is 7.31. The second-order valence-corrected chi connectivity index (χ2v) is 8.74. The molecule has 0 saturated carbocycles. The molecule has 160 valence electrons. The molecule has 2 aromatic heterocycles. The number of hydrogen-bond donors (Lipinski definition) is 1. The van der Waals surface area contributed by atoms with Crippen LogP contribution in [0.1, 0.15) is 48.9 Å². The van der Waals surface area contributed by atoms with Gasteiger partial charge in [-0.2, -0.15) is 5.10 Å². The Morgan fingerprint density at radius 3 is 2.77 bits per heavy atom. The van der Waals surface area contributed by atoms with Crippen molar-refractivity contribution in [3.05, 3.63) is 74.9 Å². The molecular weight excluding hydrogens is 437 g/mol. The fraction of sp³-hybridized carbons (Fsp3) is 0.318. The van der Waals surface area contributed by atoms with E-state index in [1.54, 1.807) is 18.3 Å². The lowest BCUT2D eigenvalue weighted by molar-refractivity contribution is -0.128. The lowest BCUT2D eigenvalue weighted by atomic mass is 9.94. The van der Waals surface area contributed by atoms with Gasteiger partial charge in [0.2, 0.25) is 0 Å². The van der Waals surface area contributed by atoms with Crippen LogP contribution >= 0.6 is 23.2 Å². The molecule has 1 saturated heterocycles. The minimum Gasteiger partial charge on any atom is -0.359 e. The van der Waals surface area contributed by atoms with Crippen LogP contribution in [-0.2, 0) is 4.79 Å². The highest BCUT2D eigenvalue weighted by molar-refractivity contribution is 6.42. The van der Waals surface area contributed by atoms with E-state index in [0.29, 0.717) is 22.2 Å². The maximum absolute atomic E-state index is 13.9. The van der Waals surface area contributed by atoms with Gasteiger partial charge in [-0.05, 0) is 44.4 Å². The Balaban J connectivity index is 1.58. The molecule has 1 aromatic carbocycles. The smallest absolute Gasteiger partial charge is 0.254 e. The number of nitrogens with one attached hydrogen (secondary N) is 1. The molecule has 2 atom stereocenters. The highest BCUT2D eigenvalue weighted by atomic mass is 35.5. The van der Waals surface area contributed by atoms with Crippen LogP contribution in [0.2, 0.25) is 10.0 Å². The van der Waals surface area contributed by atoms with Crippen molar-refractivity contribution in [1.29, 1.82) is 0 Å². The van der Waals surface area contributed by atoms with Crippen molar-refractivity contribution >= 4 is 34.9 Å². The number of likely N-dealkylation sites (tertiary alicyclic amines) is 1. The molecule has 9 heteroatoms. The van der Waals surface area contributed by atoms with Gasteiger partial charge in [0.05, 0.1) is 33.6 Å². The zero-order chi connectivity index (χ0) is 21.7. The largest absolute Gasteiger partial charge is 0.359 e. The van der Waals surface area contributed by atoms with Crippen LogP contribution in [0, 0.1) is 6.92 Å². The number of carbonyl (C=O) groups excluding carboxylic acids is 1. The third-order valence-electron chi connectivity index (χ3n) is 5.89. The fourth-order valence-corrected chi connectivity index (χ4v) is 4.78. The van der Waals surface area contributed by atoms with Gasteiger partial charge in [0.1, 0.15) is 11.9 Å². The van der Waals surface area contributed by atoms with Crippen molar-refractivity contribution in [2.24, 2.45) is 0 Å². The maximum atomic E-state index is 13.9. The van der Waals surface area contributed by atoms with Gasteiger partial charge >= 0.3 is 0 Å². The summed E-state index contributed by atoms with van der Waals surface area (Å²) in [6.07, 6.45) is 3.45. The van der Waals surface area contributed by atoms with Gasteiger partial charge in [-0.15, -0.1) is 0 Å². The number of anilines is 1. The van der Waals surface area contributed by atoms with E-state index in [9.17, 15) is 4.79 Å². The second-order valence-electron chi connectivity index (χ2n) is 7.93. The van der Waals surface area contributed by atoms with Crippen LogP contribution in [0.4, 0.5) is 5.82 Å². The van der Waals surface area contributed by atoms with E-state index in [-0.39, 0.29) is 11.9 Å². The van der Waals surface area contributed by atoms with Crippen molar-refractivity contribution in [2.45, 2.75) is 38.8 Å². The van der Waals surface area contributed by atoms with Crippen molar-refractivity contribution in [2.75, 3.05) is 11.9 Å². The number of aryl methyl sites for hydroxylation is 1. The number of rotatable bonds is 3. The Morgan fingerprint density at radius 1 is 1.19 bits per heavy atom. The zero-order valence-corrected chi connectivity index (χ0v) is 18.6. The molecule has 1 unspecified atom stereocenters. The molecule has 4 heterocycles. The zero-order valence-electron chi connectivity index (χ0n) is 17.1. The molecule has 1 N–H and O–H groups in total. The number of allylic oxidation sites excluding steroid dienone is 1. The van der Waals surface area contributed by atoms with E-state index in [0.717, 1.165) is 41.4 Å². The van der Waals surface area contributed by atoms with Gasteiger partial charge in [0.25, 0.3) is 5.91 Å². The summed E-state index contributed by atoms with van der Waals surface area (Å²) in [5, 5.41) is 12.7. The summed E-state index contributed by atoms with van der Waals surface area (Å²) in [6, 6.07) is 8.65. The summed E-state index contributed by atoms with van der Waals surface area (Å²) in [4.78, 5) is 15.8. The Bertz CT molecular complexity index is 1200. The Morgan fingerprint density at radius 2 is 2.03 bits per heavy atom. The SMILES string of the molecule is CC1=C(C(=O)N2CCC[C@H]2c2cc(C)no2)C(c2ccc(Cl)c(Cl)c2)n2nccc2N1. The van der Waals surface area contributed by atoms with E-state index >= 15 is 0 Å². The molecule has 31 heavy (non-hydrogen) atoms. The first-order chi connectivity index (χ1) is 14.9. The first-order valence-electron chi connectivity index (χ1n) is 10.1. The van der Waals surface area contributed by atoms with Crippen LogP contribution in [0.15, 0.2) is 52.3 Å². The van der Waals surface area contributed by atoms with Gasteiger partial charge < -0.3 is 14.7 Å². The number of fused-ring (bicyclic) bond motifs is 1.